The summed E-state index contributed by atoms with van der Waals surface area (Å²) in [4.78, 5) is 23.0. The summed E-state index contributed by atoms with van der Waals surface area (Å²) in [6.07, 6.45) is 0. The molecule has 1 heterocycles. The molecule has 0 saturated carbocycles. The van der Waals surface area contributed by atoms with Crippen molar-refractivity contribution in [2.24, 2.45) is 0 Å². The van der Waals surface area contributed by atoms with E-state index in [-0.39, 0.29) is 27.2 Å². The number of hydrogen-bond donors (Lipinski definition) is 1. The normalized spacial score (nSPS) is 11.0. The predicted octanol–water partition coefficient (Wildman–Crippen LogP) is 3.72. The van der Waals surface area contributed by atoms with E-state index in [1.807, 2.05) is 0 Å². The van der Waals surface area contributed by atoms with Crippen LogP contribution in [0.25, 0.3) is 21.9 Å². The number of fused-ring (bicyclic) bond motifs is 2. The topological polar surface area (TPSA) is 76.7 Å². The van der Waals surface area contributed by atoms with Crippen molar-refractivity contribution in [2.75, 3.05) is 6.61 Å². The summed E-state index contributed by atoms with van der Waals surface area (Å²) in [7, 11) is 0. The first-order valence-electron chi connectivity index (χ1n) is 6.16. The van der Waals surface area contributed by atoms with E-state index in [1.54, 1.807) is 12.1 Å². The first-order valence-corrected chi connectivity index (χ1v) is 6.92. The molecule has 0 amide bonds. The van der Waals surface area contributed by atoms with Crippen LogP contribution in [0.2, 0.25) is 10.0 Å². The standard InChI is InChI=1S/C15H8Cl2O5/c16-7-1-3-10-9(5-7)14(20)8-2-4-11(21-6-12(18)19)13(17)15(8)22-10/h1-5H,6H2,(H,18,19). The highest BCUT2D eigenvalue weighted by Crippen LogP contribution is 2.33. The number of ether oxygens (including phenoxy) is 1. The highest BCUT2D eigenvalue weighted by atomic mass is 35.5. The summed E-state index contributed by atoms with van der Waals surface area (Å²) in [5.74, 6) is -1.00. The maximum absolute atomic E-state index is 12.5. The van der Waals surface area contributed by atoms with Crippen molar-refractivity contribution >= 4 is 51.1 Å². The predicted molar refractivity (Wildman–Crippen MR) is 83.1 cm³/mol. The zero-order valence-electron chi connectivity index (χ0n) is 10.9. The number of benzene rings is 2. The molecule has 22 heavy (non-hydrogen) atoms. The molecular weight excluding hydrogens is 331 g/mol. The van der Waals surface area contributed by atoms with Crippen molar-refractivity contribution in [1.29, 1.82) is 0 Å². The molecule has 0 aliphatic heterocycles. The lowest BCUT2D eigenvalue weighted by atomic mass is 10.1. The van der Waals surface area contributed by atoms with Crippen LogP contribution in [0.3, 0.4) is 0 Å². The second-order valence-corrected chi connectivity index (χ2v) is 5.32. The van der Waals surface area contributed by atoms with E-state index in [4.69, 9.17) is 37.5 Å². The number of aliphatic carboxylic acids is 1. The van der Waals surface area contributed by atoms with Gasteiger partial charge < -0.3 is 14.3 Å². The molecule has 112 valence electrons. The Labute approximate surface area is 133 Å². The van der Waals surface area contributed by atoms with Gasteiger partial charge in [0.2, 0.25) is 5.43 Å². The molecule has 0 aliphatic carbocycles. The summed E-state index contributed by atoms with van der Waals surface area (Å²) in [6.45, 7) is -0.543. The summed E-state index contributed by atoms with van der Waals surface area (Å²) in [5.41, 5.74) is 0.203. The van der Waals surface area contributed by atoms with Crippen LogP contribution in [0.15, 0.2) is 39.5 Å². The monoisotopic (exact) mass is 338 g/mol. The minimum atomic E-state index is -1.13. The molecule has 1 aromatic heterocycles. The molecule has 0 unspecified atom stereocenters. The average molecular weight is 339 g/mol. The second kappa shape index (κ2) is 5.51. The zero-order chi connectivity index (χ0) is 15.9. The smallest absolute Gasteiger partial charge is 0.341 e. The fraction of sp³-hybridized carbons (Fsp3) is 0.0667. The Hall–Kier alpha value is -2.24. The van der Waals surface area contributed by atoms with Gasteiger partial charge in [-0.05, 0) is 30.3 Å². The van der Waals surface area contributed by atoms with Gasteiger partial charge in [-0.3, -0.25) is 4.79 Å². The molecule has 1 N–H and O–H groups in total. The fourth-order valence-electron chi connectivity index (χ4n) is 2.09. The second-order valence-electron chi connectivity index (χ2n) is 4.51. The highest BCUT2D eigenvalue weighted by molar-refractivity contribution is 6.36. The van der Waals surface area contributed by atoms with Gasteiger partial charge in [0.25, 0.3) is 0 Å². The van der Waals surface area contributed by atoms with Crippen LogP contribution < -0.4 is 10.2 Å². The van der Waals surface area contributed by atoms with Crippen LogP contribution in [0.4, 0.5) is 0 Å². The molecule has 0 spiro atoms. The minimum absolute atomic E-state index is 0.0488. The Bertz CT molecular complexity index is 961. The van der Waals surface area contributed by atoms with Gasteiger partial charge in [-0.25, -0.2) is 4.79 Å². The Morgan fingerprint density at radius 2 is 1.95 bits per heavy atom. The molecule has 0 radical (unpaired) electrons. The van der Waals surface area contributed by atoms with Crippen molar-refractivity contribution in [3.63, 3.8) is 0 Å². The lowest BCUT2D eigenvalue weighted by molar-refractivity contribution is -0.139. The van der Waals surface area contributed by atoms with Gasteiger partial charge in [0.05, 0.1) is 10.8 Å². The first kappa shape index (κ1) is 14.7. The Morgan fingerprint density at radius 3 is 2.68 bits per heavy atom. The quantitative estimate of drug-likeness (QED) is 0.736. The van der Waals surface area contributed by atoms with Gasteiger partial charge in [0.1, 0.15) is 16.4 Å². The molecule has 5 nitrogen and oxygen atoms in total. The number of carbonyl (C=O) groups is 1. The number of halogens is 2. The molecule has 0 aliphatic rings. The summed E-state index contributed by atoms with van der Waals surface area (Å²) < 4.78 is 10.7. The third-order valence-corrected chi connectivity index (χ3v) is 3.65. The van der Waals surface area contributed by atoms with E-state index in [1.165, 1.54) is 18.2 Å². The third-order valence-electron chi connectivity index (χ3n) is 3.06. The molecular formula is C15H8Cl2O5. The van der Waals surface area contributed by atoms with E-state index in [2.05, 4.69) is 0 Å². The summed E-state index contributed by atoms with van der Waals surface area (Å²) >= 11 is 12.0. The third kappa shape index (κ3) is 2.49. The Kier molecular flexibility index (Phi) is 3.68. The van der Waals surface area contributed by atoms with Crippen molar-refractivity contribution in [3.8, 4) is 5.75 Å². The molecule has 7 heteroatoms. The number of carboxylic acid groups (broad SMARTS) is 1. The Balaban J connectivity index is 2.26. The summed E-state index contributed by atoms with van der Waals surface area (Å²) in [5, 5.41) is 9.72. The largest absolute Gasteiger partial charge is 0.480 e. The SMILES string of the molecule is O=C(O)COc1ccc2c(=O)c3cc(Cl)ccc3oc2c1Cl. The van der Waals surface area contributed by atoms with Crippen LogP contribution in [0.1, 0.15) is 0 Å². The van der Waals surface area contributed by atoms with Gasteiger partial charge in [-0.2, -0.15) is 0 Å². The lowest BCUT2D eigenvalue weighted by Gasteiger charge is -2.08. The number of hydrogen-bond acceptors (Lipinski definition) is 4. The van der Waals surface area contributed by atoms with Gasteiger partial charge >= 0.3 is 5.97 Å². The van der Waals surface area contributed by atoms with Crippen LogP contribution in [-0.2, 0) is 4.79 Å². The van der Waals surface area contributed by atoms with Crippen LogP contribution >= 0.6 is 23.2 Å². The zero-order valence-corrected chi connectivity index (χ0v) is 12.4. The molecule has 0 atom stereocenters. The molecule has 0 fully saturated rings. The summed E-state index contributed by atoms with van der Waals surface area (Å²) in [6, 6.07) is 7.59. The maximum Gasteiger partial charge on any atom is 0.341 e. The van der Waals surface area contributed by atoms with Crippen molar-refractivity contribution in [2.45, 2.75) is 0 Å². The molecule has 0 saturated heterocycles. The molecule has 3 aromatic rings. The van der Waals surface area contributed by atoms with E-state index in [0.29, 0.717) is 16.0 Å². The lowest BCUT2D eigenvalue weighted by Crippen LogP contribution is -2.10. The Morgan fingerprint density at radius 1 is 1.18 bits per heavy atom. The van der Waals surface area contributed by atoms with Gasteiger partial charge in [-0.1, -0.05) is 23.2 Å². The van der Waals surface area contributed by atoms with E-state index in [0.717, 1.165) is 0 Å². The van der Waals surface area contributed by atoms with Crippen molar-refractivity contribution in [3.05, 3.63) is 50.6 Å². The van der Waals surface area contributed by atoms with Gasteiger partial charge in [0, 0.05) is 5.02 Å². The van der Waals surface area contributed by atoms with Gasteiger partial charge in [-0.15, -0.1) is 0 Å². The van der Waals surface area contributed by atoms with E-state index in [9.17, 15) is 9.59 Å². The number of carboxylic acids is 1. The number of rotatable bonds is 3. The van der Waals surface area contributed by atoms with Crippen LogP contribution in [-0.4, -0.2) is 17.7 Å². The maximum atomic E-state index is 12.5. The molecule has 2 aromatic carbocycles. The van der Waals surface area contributed by atoms with Crippen LogP contribution in [0.5, 0.6) is 5.75 Å². The fourth-order valence-corrected chi connectivity index (χ4v) is 2.52. The minimum Gasteiger partial charge on any atom is -0.480 e. The van der Waals surface area contributed by atoms with Gasteiger partial charge in [0.15, 0.2) is 12.2 Å². The molecule has 0 bridgehead atoms. The molecule has 3 rings (SSSR count). The average Bonchev–Trinajstić information content (AvgIpc) is 2.48. The van der Waals surface area contributed by atoms with E-state index < -0.39 is 12.6 Å². The first-order chi connectivity index (χ1) is 10.5. The highest BCUT2D eigenvalue weighted by Gasteiger charge is 2.15. The van der Waals surface area contributed by atoms with Crippen molar-refractivity contribution in [1.82, 2.24) is 0 Å². The van der Waals surface area contributed by atoms with Crippen molar-refractivity contribution < 1.29 is 19.1 Å². The van der Waals surface area contributed by atoms with E-state index >= 15 is 0 Å². The van der Waals surface area contributed by atoms with Crippen LogP contribution in [0, 0.1) is 0 Å².